The zero-order valence-electron chi connectivity index (χ0n) is 10.5. The van der Waals surface area contributed by atoms with Crippen molar-refractivity contribution >= 4 is 6.08 Å². The van der Waals surface area contributed by atoms with Crippen LogP contribution in [0.1, 0.15) is 42.9 Å². The number of hydrogen-bond acceptors (Lipinski definition) is 2. The molecule has 0 aromatic heterocycles. The van der Waals surface area contributed by atoms with Gasteiger partial charge < -0.3 is 0 Å². The number of rotatable bonds is 3. The van der Waals surface area contributed by atoms with E-state index in [-0.39, 0.29) is 5.56 Å². The fourth-order valence-corrected chi connectivity index (χ4v) is 2.47. The van der Waals surface area contributed by atoms with Crippen molar-refractivity contribution in [2.75, 3.05) is 0 Å². The Kier molecular flexibility index (Phi) is 3.07. The average Bonchev–Trinajstić information content (AvgIpc) is 2.21. The van der Waals surface area contributed by atoms with E-state index in [1.807, 2.05) is 6.92 Å². The third-order valence-corrected chi connectivity index (χ3v) is 3.59. The fraction of sp³-hybridized carbons (Fsp3) is 0.500. The standard InChI is InChI=1S/C14H15F2NO/c1-10-4-5-11(13(2,15)16)12(8-10)14(17-9-18)6-3-7-14/h4-5,8H,3,6-7H2,1-2H3. The normalized spacial score (nSPS) is 17.8. The minimum Gasteiger partial charge on any atom is -0.211 e. The van der Waals surface area contributed by atoms with Gasteiger partial charge in [-0.1, -0.05) is 23.8 Å². The Morgan fingerprint density at radius 2 is 2.06 bits per heavy atom. The van der Waals surface area contributed by atoms with Crippen LogP contribution in [-0.4, -0.2) is 6.08 Å². The van der Waals surface area contributed by atoms with Gasteiger partial charge >= 0.3 is 0 Å². The molecule has 96 valence electrons. The summed E-state index contributed by atoms with van der Waals surface area (Å²) < 4.78 is 27.3. The van der Waals surface area contributed by atoms with Crippen molar-refractivity contribution in [3.63, 3.8) is 0 Å². The highest BCUT2D eigenvalue weighted by atomic mass is 19.3. The number of isocyanates is 1. The van der Waals surface area contributed by atoms with Crippen LogP contribution in [0.3, 0.4) is 0 Å². The van der Waals surface area contributed by atoms with Gasteiger partial charge in [0.05, 0.1) is 5.54 Å². The lowest BCUT2D eigenvalue weighted by Gasteiger charge is -2.39. The summed E-state index contributed by atoms with van der Waals surface area (Å²) in [5.41, 5.74) is 0.560. The number of aliphatic imine (C=N–C) groups is 1. The molecule has 18 heavy (non-hydrogen) atoms. The molecule has 2 nitrogen and oxygen atoms in total. The predicted octanol–water partition coefficient (Wildman–Crippen LogP) is 3.82. The summed E-state index contributed by atoms with van der Waals surface area (Å²) in [7, 11) is 0. The Balaban J connectivity index is 2.61. The maximum Gasteiger partial charge on any atom is 0.270 e. The van der Waals surface area contributed by atoms with Crippen LogP contribution in [0, 0.1) is 6.92 Å². The molecule has 1 aromatic carbocycles. The topological polar surface area (TPSA) is 29.4 Å². The summed E-state index contributed by atoms with van der Waals surface area (Å²) in [5.74, 6) is -2.93. The van der Waals surface area contributed by atoms with Crippen LogP contribution < -0.4 is 0 Å². The molecule has 1 saturated carbocycles. The van der Waals surface area contributed by atoms with Crippen LogP contribution in [-0.2, 0) is 16.3 Å². The number of nitrogens with zero attached hydrogens (tertiary/aromatic N) is 1. The van der Waals surface area contributed by atoms with Crippen LogP contribution in [0.4, 0.5) is 8.78 Å². The van der Waals surface area contributed by atoms with Crippen LogP contribution in [0.25, 0.3) is 0 Å². The zero-order chi connectivity index (χ0) is 13.4. The van der Waals surface area contributed by atoms with E-state index in [0.717, 1.165) is 18.9 Å². The molecule has 1 fully saturated rings. The number of hydrogen-bond donors (Lipinski definition) is 0. The lowest BCUT2D eigenvalue weighted by Crippen LogP contribution is -2.34. The van der Waals surface area contributed by atoms with Crippen LogP contribution in [0.2, 0.25) is 0 Å². The fourth-order valence-electron chi connectivity index (χ4n) is 2.47. The maximum absolute atomic E-state index is 13.6. The van der Waals surface area contributed by atoms with E-state index in [4.69, 9.17) is 0 Å². The molecule has 0 atom stereocenters. The highest BCUT2D eigenvalue weighted by Gasteiger charge is 2.43. The molecule has 0 aliphatic heterocycles. The number of carbonyl (C=O) groups excluding carboxylic acids is 1. The van der Waals surface area contributed by atoms with E-state index in [0.29, 0.717) is 18.4 Å². The molecule has 1 aliphatic rings. The predicted molar refractivity (Wildman–Crippen MR) is 64.4 cm³/mol. The van der Waals surface area contributed by atoms with E-state index in [1.165, 1.54) is 12.1 Å². The Hall–Kier alpha value is -1.54. The van der Waals surface area contributed by atoms with Crippen LogP contribution in [0.15, 0.2) is 23.2 Å². The highest BCUT2D eigenvalue weighted by molar-refractivity contribution is 5.45. The lowest BCUT2D eigenvalue weighted by molar-refractivity contribution is 0.0142. The van der Waals surface area contributed by atoms with Gasteiger partial charge in [-0.2, -0.15) is 4.99 Å². The molecule has 0 N–H and O–H groups in total. The molecule has 0 unspecified atom stereocenters. The van der Waals surface area contributed by atoms with Gasteiger partial charge in [0, 0.05) is 12.5 Å². The lowest BCUT2D eigenvalue weighted by atomic mass is 9.70. The van der Waals surface area contributed by atoms with E-state index in [9.17, 15) is 13.6 Å². The summed E-state index contributed by atoms with van der Waals surface area (Å²) in [6.07, 6.45) is 3.70. The van der Waals surface area contributed by atoms with Crippen molar-refractivity contribution in [3.8, 4) is 0 Å². The molecule has 2 rings (SSSR count). The molecular formula is C14H15F2NO. The summed E-state index contributed by atoms with van der Waals surface area (Å²) in [4.78, 5) is 14.4. The van der Waals surface area contributed by atoms with Crippen molar-refractivity contribution in [3.05, 3.63) is 34.9 Å². The minimum absolute atomic E-state index is 0.0354. The summed E-state index contributed by atoms with van der Waals surface area (Å²) >= 11 is 0. The number of aryl methyl sites for hydroxylation is 1. The number of alkyl halides is 2. The number of halogens is 2. The molecule has 0 saturated heterocycles. The molecule has 0 bridgehead atoms. The first-order valence-electron chi connectivity index (χ1n) is 5.97. The van der Waals surface area contributed by atoms with Crippen molar-refractivity contribution < 1.29 is 13.6 Å². The molecule has 0 radical (unpaired) electrons. The van der Waals surface area contributed by atoms with Crippen LogP contribution >= 0.6 is 0 Å². The van der Waals surface area contributed by atoms with E-state index in [2.05, 4.69) is 4.99 Å². The second kappa shape index (κ2) is 4.29. The first-order valence-corrected chi connectivity index (χ1v) is 5.97. The molecule has 4 heteroatoms. The van der Waals surface area contributed by atoms with Crippen LogP contribution in [0.5, 0.6) is 0 Å². The van der Waals surface area contributed by atoms with E-state index in [1.54, 1.807) is 12.1 Å². The smallest absolute Gasteiger partial charge is 0.211 e. The SMILES string of the molecule is Cc1ccc(C(C)(F)F)c(C2(N=C=O)CCC2)c1. The molecule has 0 spiro atoms. The second-order valence-corrected chi connectivity index (χ2v) is 5.03. The largest absolute Gasteiger partial charge is 0.270 e. The monoisotopic (exact) mass is 251 g/mol. The van der Waals surface area contributed by atoms with Gasteiger partial charge in [0.25, 0.3) is 5.92 Å². The first-order chi connectivity index (χ1) is 8.39. The van der Waals surface area contributed by atoms with Crippen molar-refractivity contribution in [2.45, 2.75) is 44.6 Å². The quantitative estimate of drug-likeness (QED) is 0.593. The zero-order valence-corrected chi connectivity index (χ0v) is 10.5. The Labute approximate surface area is 105 Å². The Bertz CT molecular complexity index is 509. The summed E-state index contributed by atoms with van der Waals surface area (Å²) in [6, 6.07) is 4.81. The van der Waals surface area contributed by atoms with E-state index >= 15 is 0 Å². The van der Waals surface area contributed by atoms with Gasteiger partial charge in [-0.15, -0.1) is 0 Å². The van der Waals surface area contributed by atoms with E-state index < -0.39 is 11.5 Å². The molecule has 1 aliphatic carbocycles. The maximum atomic E-state index is 13.6. The molecule has 0 amide bonds. The van der Waals surface area contributed by atoms with Crippen molar-refractivity contribution in [1.82, 2.24) is 0 Å². The van der Waals surface area contributed by atoms with Crippen molar-refractivity contribution in [1.29, 1.82) is 0 Å². The minimum atomic E-state index is -2.93. The summed E-state index contributed by atoms with van der Waals surface area (Å²) in [5, 5.41) is 0. The van der Waals surface area contributed by atoms with Gasteiger partial charge in [0.15, 0.2) is 0 Å². The third-order valence-electron chi connectivity index (χ3n) is 3.59. The first kappa shape index (κ1) is 12.9. The molecule has 0 heterocycles. The second-order valence-electron chi connectivity index (χ2n) is 5.03. The van der Waals surface area contributed by atoms with Gasteiger partial charge in [0.1, 0.15) is 0 Å². The van der Waals surface area contributed by atoms with Crippen molar-refractivity contribution in [2.24, 2.45) is 4.99 Å². The highest BCUT2D eigenvalue weighted by Crippen LogP contribution is 2.48. The summed E-state index contributed by atoms with van der Waals surface area (Å²) in [6.45, 7) is 2.72. The van der Waals surface area contributed by atoms with Gasteiger partial charge in [0.2, 0.25) is 6.08 Å². The Morgan fingerprint density at radius 3 is 2.50 bits per heavy atom. The third kappa shape index (κ3) is 2.08. The van der Waals surface area contributed by atoms with Gasteiger partial charge in [-0.05, 0) is 31.7 Å². The number of benzene rings is 1. The molecule has 1 aromatic rings. The van der Waals surface area contributed by atoms with Gasteiger partial charge in [-0.3, -0.25) is 0 Å². The Morgan fingerprint density at radius 1 is 1.39 bits per heavy atom. The van der Waals surface area contributed by atoms with Gasteiger partial charge in [-0.25, -0.2) is 13.6 Å². The molecular weight excluding hydrogens is 236 g/mol. The average molecular weight is 251 g/mol.